The van der Waals surface area contributed by atoms with Crippen molar-refractivity contribution in [3.63, 3.8) is 0 Å². The number of aromatic nitrogens is 1. The molecule has 0 spiro atoms. The molecule has 0 bridgehead atoms. The molecule has 0 fully saturated rings. The van der Waals surface area contributed by atoms with Crippen molar-refractivity contribution in [3.8, 4) is 10.4 Å². The van der Waals surface area contributed by atoms with E-state index in [0.29, 0.717) is 15.8 Å². The van der Waals surface area contributed by atoms with Crippen LogP contribution in [0.1, 0.15) is 5.69 Å². The van der Waals surface area contributed by atoms with E-state index in [9.17, 15) is 9.18 Å². The summed E-state index contributed by atoms with van der Waals surface area (Å²) < 4.78 is 13.5. The molecule has 0 saturated carbocycles. The summed E-state index contributed by atoms with van der Waals surface area (Å²) in [5, 5.41) is 0.509. The molecule has 2 rings (SSSR count). The number of nitrogens with one attached hydrogen (secondary N) is 1. The smallest absolute Gasteiger partial charge is 0.305 e. The zero-order valence-electron chi connectivity index (χ0n) is 7.59. The van der Waals surface area contributed by atoms with Gasteiger partial charge in [0.05, 0.1) is 4.88 Å². The molecule has 1 heterocycles. The molecule has 0 saturated heterocycles. The number of hydrogen-bond acceptors (Lipinski definition) is 2. The van der Waals surface area contributed by atoms with Crippen LogP contribution in [0, 0.1) is 5.82 Å². The summed E-state index contributed by atoms with van der Waals surface area (Å²) in [6.07, 6.45) is 0. The third-order valence-electron chi connectivity index (χ3n) is 1.97. The van der Waals surface area contributed by atoms with E-state index < -0.39 is 0 Å². The first-order chi connectivity index (χ1) is 7.22. The molecule has 1 N–H and O–H groups in total. The van der Waals surface area contributed by atoms with Crippen LogP contribution in [-0.2, 0) is 5.33 Å². The third-order valence-corrected chi connectivity index (χ3v) is 3.49. The maximum Gasteiger partial charge on any atom is 0.305 e. The highest BCUT2D eigenvalue weighted by molar-refractivity contribution is 9.08. The number of rotatable bonds is 2. The zero-order chi connectivity index (χ0) is 10.8. The van der Waals surface area contributed by atoms with E-state index >= 15 is 0 Å². The fraction of sp³-hybridized carbons (Fsp3) is 0.100. The first-order valence-electron chi connectivity index (χ1n) is 4.25. The molecular weight excluding hydrogens is 281 g/mol. The lowest BCUT2D eigenvalue weighted by molar-refractivity contribution is 0.631. The first kappa shape index (κ1) is 10.6. The van der Waals surface area contributed by atoms with Crippen molar-refractivity contribution in [2.24, 2.45) is 0 Å². The SMILES string of the molecule is O=c1[nH]c(CBr)c(-c2ccccc2F)s1. The van der Waals surface area contributed by atoms with Gasteiger partial charge >= 0.3 is 4.87 Å². The van der Waals surface area contributed by atoms with Crippen LogP contribution in [0.25, 0.3) is 10.4 Å². The minimum Gasteiger partial charge on any atom is -0.315 e. The predicted molar refractivity (Wildman–Crippen MR) is 63.0 cm³/mol. The molecule has 0 aliphatic heterocycles. The Hall–Kier alpha value is -0.940. The van der Waals surface area contributed by atoms with Gasteiger partial charge in [-0.15, -0.1) is 0 Å². The Bertz CT molecular complexity index is 534. The van der Waals surface area contributed by atoms with Crippen molar-refractivity contribution < 1.29 is 4.39 Å². The molecule has 1 aromatic heterocycles. The van der Waals surface area contributed by atoms with Crippen LogP contribution in [0.2, 0.25) is 0 Å². The molecule has 0 aliphatic carbocycles. The van der Waals surface area contributed by atoms with Gasteiger partial charge in [-0.2, -0.15) is 0 Å². The summed E-state index contributed by atoms with van der Waals surface area (Å²) in [7, 11) is 0. The summed E-state index contributed by atoms with van der Waals surface area (Å²) in [5.74, 6) is -0.310. The number of H-pyrrole nitrogens is 1. The molecule has 0 aliphatic rings. The van der Waals surface area contributed by atoms with Crippen molar-refractivity contribution in [2.75, 3.05) is 0 Å². The van der Waals surface area contributed by atoms with Gasteiger partial charge in [-0.3, -0.25) is 4.79 Å². The van der Waals surface area contributed by atoms with Crippen molar-refractivity contribution in [3.05, 3.63) is 45.4 Å². The minimum absolute atomic E-state index is 0.164. The molecule has 2 nitrogen and oxygen atoms in total. The van der Waals surface area contributed by atoms with Crippen molar-refractivity contribution >= 4 is 27.3 Å². The second-order valence-electron chi connectivity index (χ2n) is 2.94. The monoisotopic (exact) mass is 287 g/mol. The van der Waals surface area contributed by atoms with Gasteiger partial charge in [-0.05, 0) is 6.07 Å². The van der Waals surface area contributed by atoms with E-state index in [1.807, 2.05) is 0 Å². The topological polar surface area (TPSA) is 32.9 Å². The van der Waals surface area contributed by atoms with E-state index in [4.69, 9.17) is 0 Å². The second kappa shape index (κ2) is 4.28. The first-order valence-corrected chi connectivity index (χ1v) is 6.19. The molecule has 78 valence electrons. The largest absolute Gasteiger partial charge is 0.315 e. The van der Waals surface area contributed by atoms with Gasteiger partial charge in [0.1, 0.15) is 5.82 Å². The highest BCUT2D eigenvalue weighted by atomic mass is 79.9. The van der Waals surface area contributed by atoms with E-state index in [-0.39, 0.29) is 10.7 Å². The summed E-state index contributed by atoms with van der Waals surface area (Å²) >= 11 is 4.28. The normalized spacial score (nSPS) is 10.5. The van der Waals surface area contributed by atoms with Gasteiger partial charge in [0.25, 0.3) is 0 Å². The van der Waals surface area contributed by atoms with Crippen molar-refractivity contribution in [1.82, 2.24) is 4.98 Å². The molecular formula is C10H7BrFNOS. The van der Waals surface area contributed by atoms with Gasteiger partial charge in [-0.1, -0.05) is 45.5 Å². The molecule has 0 radical (unpaired) electrons. The molecule has 0 atom stereocenters. The Kier molecular flexibility index (Phi) is 3.02. The average Bonchev–Trinajstić information content (AvgIpc) is 2.60. The molecule has 15 heavy (non-hydrogen) atoms. The summed E-state index contributed by atoms with van der Waals surface area (Å²) in [6.45, 7) is 0. The number of halogens is 2. The lowest BCUT2D eigenvalue weighted by Crippen LogP contribution is -1.93. The van der Waals surface area contributed by atoms with E-state index in [2.05, 4.69) is 20.9 Å². The van der Waals surface area contributed by atoms with Gasteiger partial charge in [0.15, 0.2) is 0 Å². The van der Waals surface area contributed by atoms with Gasteiger partial charge < -0.3 is 4.98 Å². The average molecular weight is 288 g/mol. The molecule has 0 unspecified atom stereocenters. The van der Waals surface area contributed by atoms with E-state index in [0.717, 1.165) is 17.0 Å². The summed E-state index contributed by atoms with van der Waals surface area (Å²) in [5.41, 5.74) is 1.19. The lowest BCUT2D eigenvalue weighted by Gasteiger charge is -2.00. The molecule has 1 aromatic carbocycles. The Morgan fingerprint density at radius 2 is 2.13 bits per heavy atom. The van der Waals surface area contributed by atoms with Gasteiger partial charge in [-0.25, -0.2) is 4.39 Å². The zero-order valence-corrected chi connectivity index (χ0v) is 9.99. The Morgan fingerprint density at radius 3 is 2.80 bits per heavy atom. The third kappa shape index (κ3) is 2.03. The predicted octanol–water partition coefficient (Wildman–Crippen LogP) is 3.14. The highest BCUT2D eigenvalue weighted by Crippen LogP contribution is 2.28. The van der Waals surface area contributed by atoms with Crippen LogP contribution in [0.15, 0.2) is 29.1 Å². The minimum atomic E-state index is -0.310. The number of alkyl halides is 1. The number of hydrogen-bond donors (Lipinski definition) is 1. The Morgan fingerprint density at radius 1 is 1.40 bits per heavy atom. The van der Waals surface area contributed by atoms with E-state index in [1.54, 1.807) is 18.2 Å². The van der Waals surface area contributed by atoms with Gasteiger partial charge in [0.2, 0.25) is 0 Å². The number of thiazole rings is 1. The van der Waals surface area contributed by atoms with Gasteiger partial charge in [0, 0.05) is 16.6 Å². The number of benzene rings is 1. The van der Waals surface area contributed by atoms with Crippen molar-refractivity contribution in [2.45, 2.75) is 5.33 Å². The second-order valence-corrected chi connectivity index (χ2v) is 4.48. The van der Waals surface area contributed by atoms with Crippen LogP contribution < -0.4 is 4.87 Å². The fourth-order valence-corrected chi connectivity index (χ4v) is 2.80. The maximum absolute atomic E-state index is 13.5. The Balaban J connectivity index is 2.63. The lowest BCUT2D eigenvalue weighted by atomic mass is 10.1. The fourth-order valence-electron chi connectivity index (χ4n) is 1.32. The quantitative estimate of drug-likeness (QED) is 0.846. The van der Waals surface area contributed by atoms with Crippen LogP contribution >= 0.6 is 27.3 Å². The molecule has 0 amide bonds. The van der Waals surface area contributed by atoms with E-state index in [1.165, 1.54) is 6.07 Å². The standard InChI is InChI=1S/C10H7BrFNOS/c11-5-8-9(15-10(14)13-8)6-3-1-2-4-7(6)12/h1-4H,5H2,(H,13,14). The van der Waals surface area contributed by atoms with Crippen molar-refractivity contribution in [1.29, 1.82) is 0 Å². The molecule has 5 heteroatoms. The molecule has 2 aromatic rings. The van der Waals surface area contributed by atoms with Crippen LogP contribution in [0.3, 0.4) is 0 Å². The van der Waals surface area contributed by atoms with Crippen LogP contribution in [-0.4, -0.2) is 4.98 Å². The van der Waals surface area contributed by atoms with Crippen LogP contribution in [0.5, 0.6) is 0 Å². The van der Waals surface area contributed by atoms with Crippen LogP contribution in [0.4, 0.5) is 4.39 Å². The summed E-state index contributed by atoms with van der Waals surface area (Å²) in [6, 6.07) is 6.43. The number of aromatic amines is 1. The maximum atomic E-state index is 13.5. The Labute approximate surface area is 97.9 Å². The highest BCUT2D eigenvalue weighted by Gasteiger charge is 2.12. The summed E-state index contributed by atoms with van der Waals surface area (Å²) in [4.78, 5) is 14.3.